The highest BCUT2D eigenvalue weighted by Crippen LogP contribution is 2.34. The van der Waals surface area contributed by atoms with Crippen molar-refractivity contribution in [3.63, 3.8) is 0 Å². The van der Waals surface area contributed by atoms with Crippen molar-refractivity contribution in [2.75, 3.05) is 36.8 Å². The average molecular weight is 542 g/mol. The number of benzene rings is 2. The first-order valence-corrected chi connectivity index (χ1v) is 14.4. The minimum absolute atomic E-state index is 0.480. The normalized spacial score (nSPS) is 15.1. The third-order valence-electron chi connectivity index (χ3n) is 6.93. The third kappa shape index (κ3) is 5.43. The van der Waals surface area contributed by atoms with E-state index in [1.54, 1.807) is 4.68 Å². The van der Waals surface area contributed by atoms with Gasteiger partial charge in [-0.15, -0.1) is 0 Å². The summed E-state index contributed by atoms with van der Waals surface area (Å²) in [5.41, 5.74) is 5.53. The maximum Gasteiger partial charge on any atom is 0.180 e. The number of nitrogens with one attached hydrogen (secondary N) is 1. The van der Waals surface area contributed by atoms with Gasteiger partial charge < -0.3 is 14.6 Å². The molecule has 39 heavy (non-hydrogen) atoms. The topological polar surface area (TPSA) is 92.2 Å². The number of aryl methyl sites for hydroxylation is 1. The minimum atomic E-state index is -0.898. The Morgan fingerprint density at radius 3 is 2.54 bits per heavy atom. The van der Waals surface area contributed by atoms with Crippen molar-refractivity contribution in [2.45, 2.75) is 13.5 Å². The fourth-order valence-electron chi connectivity index (χ4n) is 4.82. The van der Waals surface area contributed by atoms with Crippen LogP contribution < -0.4 is 9.64 Å². The molecule has 3 aromatic heterocycles. The predicted molar refractivity (Wildman–Crippen MR) is 155 cm³/mol. The number of nitrogens with zero attached hydrogens (tertiary/aromatic N) is 6. The first-order valence-electron chi connectivity index (χ1n) is 13.1. The zero-order valence-electron chi connectivity index (χ0n) is 22.1. The summed E-state index contributed by atoms with van der Waals surface area (Å²) in [6.45, 7) is 5.55. The van der Waals surface area contributed by atoms with Crippen molar-refractivity contribution in [1.82, 2.24) is 29.0 Å². The Morgan fingerprint density at radius 2 is 1.79 bits per heavy atom. The van der Waals surface area contributed by atoms with Gasteiger partial charge in [0.2, 0.25) is 0 Å². The van der Waals surface area contributed by atoms with Crippen molar-refractivity contribution >= 4 is 28.0 Å². The number of fused-ring (bicyclic) bond motifs is 1. The van der Waals surface area contributed by atoms with Crippen LogP contribution in [0.25, 0.3) is 33.7 Å². The molecular weight excluding hydrogens is 510 g/mol. The molecule has 6 rings (SSSR count). The molecule has 0 radical (unpaired) electrons. The van der Waals surface area contributed by atoms with Gasteiger partial charge in [0.25, 0.3) is 0 Å². The van der Waals surface area contributed by atoms with Gasteiger partial charge in [-0.3, -0.25) is 4.68 Å². The van der Waals surface area contributed by atoms with Crippen LogP contribution in [-0.4, -0.2) is 65.2 Å². The Hall–Kier alpha value is -4.02. The quantitative estimate of drug-likeness (QED) is 0.313. The second-order valence-corrected chi connectivity index (χ2v) is 11.3. The number of hydrogen-bond acceptors (Lipinski definition) is 6. The molecule has 1 atom stereocenters. The zero-order valence-corrected chi connectivity index (χ0v) is 22.9. The lowest BCUT2D eigenvalue weighted by atomic mass is 10.0. The molecule has 4 heterocycles. The summed E-state index contributed by atoms with van der Waals surface area (Å²) in [7, 11) is 1.01. The van der Waals surface area contributed by atoms with Crippen molar-refractivity contribution in [2.24, 2.45) is 7.05 Å². The molecular formula is C29H31N7O2S. The first-order chi connectivity index (χ1) is 19.1. The SMILES string of the molecule is CCS(=O)N1CCN(c2ccc3[nH]c(-c4ccc(OCc5ccccc5)c(-c5cnn(C)c5)c4)nc3n2)CC1. The van der Waals surface area contributed by atoms with Crippen LogP contribution in [0.15, 0.2) is 73.1 Å². The zero-order chi connectivity index (χ0) is 26.8. The number of rotatable bonds is 8. The van der Waals surface area contributed by atoms with E-state index in [0.29, 0.717) is 18.0 Å². The monoisotopic (exact) mass is 541 g/mol. The van der Waals surface area contributed by atoms with Crippen LogP contribution in [0.3, 0.4) is 0 Å². The second-order valence-electron chi connectivity index (χ2n) is 9.54. The fourth-order valence-corrected chi connectivity index (χ4v) is 5.76. The van der Waals surface area contributed by atoms with Gasteiger partial charge in [-0.2, -0.15) is 5.10 Å². The van der Waals surface area contributed by atoms with E-state index in [2.05, 4.69) is 33.2 Å². The van der Waals surface area contributed by atoms with Gasteiger partial charge in [-0.25, -0.2) is 18.5 Å². The predicted octanol–water partition coefficient (Wildman–Crippen LogP) is 4.41. The van der Waals surface area contributed by atoms with Crippen molar-refractivity contribution in [3.8, 4) is 28.3 Å². The highest BCUT2D eigenvalue weighted by Gasteiger charge is 2.22. The van der Waals surface area contributed by atoms with Crippen LogP contribution in [0.1, 0.15) is 12.5 Å². The average Bonchev–Trinajstić information content (AvgIpc) is 3.62. The summed E-state index contributed by atoms with van der Waals surface area (Å²) in [6, 6.07) is 20.3. The van der Waals surface area contributed by atoms with Crippen LogP contribution in [0.4, 0.5) is 5.82 Å². The summed E-state index contributed by atoms with van der Waals surface area (Å²) in [4.78, 5) is 15.4. The first kappa shape index (κ1) is 25.3. The standard InChI is InChI=1S/C29H31N7O2S/c1-3-39(37)36-15-13-35(14-16-36)27-12-10-25-29(32-27)33-28(31-25)22-9-11-26(38-20-21-7-5-4-6-8-21)24(17-22)23-18-30-34(2)19-23/h4-12,17-19H,3,13-16,20H2,1-2H3,(H,31,32,33). The molecule has 9 nitrogen and oxygen atoms in total. The molecule has 0 amide bonds. The largest absolute Gasteiger partial charge is 0.488 e. The van der Waals surface area contributed by atoms with Crippen molar-refractivity contribution in [3.05, 3.63) is 78.6 Å². The van der Waals surface area contributed by atoms with Crippen LogP contribution in [0.2, 0.25) is 0 Å². The van der Waals surface area contributed by atoms with E-state index < -0.39 is 11.0 Å². The molecule has 5 aromatic rings. The van der Waals surface area contributed by atoms with Gasteiger partial charge in [0, 0.05) is 61.9 Å². The molecule has 1 aliphatic rings. The number of ether oxygens (including phenoxy) is 1. The summed E-state index contributed by atoms with van der Waals surface area (Å²) >= 11 is 0. The summed E-state index contributed by atoms with van der Waals surface area (Å²) in [5.74, 6) is 3.08. The van der Waals surface area contributed by atoms with E-state index in [0.717, 1.165) is 71.3 Å². The lowest BCUT2D eigenvalue weighted by Gasteiger charge is -2.34. The van der Waals surface area contributed by atoms with Gasteiger partial charge >= 0.3 is 0 Å². The maximum atomic E-state index is 12.1. The Morgan fingerprint density at radius 1 is 0.974 bits per heavy atom. The van der Waals surface area contributed by atoms with Gasteiger partial charge in [-0.1, -0.05) is 37.3 Å². The second kappa shape index (κ2) is 11.0. The van der Waals surface area contributed by atoms with E-state index in [-0.39, 0.29) is 0 Å². The Balaban J connectivity index is 1.27. The number of imidazole rings is 1. The van der Waals surface area contributed by atoms with Gasteiger partial charge in [0.15, 0.2) is 5.65 Å². The van der Waals surface area contributed by atoms with Gasteiger partial charge in [-0.05, 0) is 35.9 Å². The van der Waals surface area contributed by atoms with E-state index in [4.69, 9.17) is 14.7 Å². The summed E-state index contributed by atoms with van der Waals surface area (Å²) < 4.78 is 22.2. The smallest absolute Gasteiger partial charge is 0.180 e. The van der Waals surface area contributed by atoms with Crippen LogP contribution in [0, 0.1) is 0 Å². The lowest BCUT2D eigenvalue weighted by Crippen LogP contribution is -2.47. The fraction of sp³-hybridized carbons (Fsp3) is 0.276. The molecule has 1 unspecified atom stereocenters. The minimum Gasteiger partial charge on any atom is -0.488 e. The summed E-state index contributed by atoms with van der Waals surface area (Å²) in [6.07, 6.45) is 3.83. The Kier molecular flexibility index (Phi) is 7.12. The molecule has 1 saturated heterocycles. The molecule has 10 heteroatoms. The Bertz CT molecular complexity index is 1610. The number of H-pyrrole nitrogens is 1. The number of aromatic nitrogens is 5. The number of anilines is 1. The number of piperazine rings is 1. The van der Waals surface area contributed by atoms with E-state index in [9.17, 15) is 4.21 Å². The molecule has 1 aliphatic heterocycles. The van der Waals surface area contributed by atoms with Crippen molar-refractivity contribution < 1.29 is 8.95 Å². The highest BCUT2D eigenvalue weighted by atomic mass is 32.2. The maximum absolute atomic E-state index is 12.1. The Labute approximate surface area is 230 Å². The number of pyridine rings is 1. The van der Waals surface area contributed by atoms with Crippen LogP contribution in [0.5, 0.6) is 5.75 Å². The third-order valence-corrected chi connectivity index (χ3v) is 8.37. The van der Waals surface area contributed by atoms with E-state index in [1.807, 2.05) is 73.1 Å². The molecule has 2 aromatic carbocycles. The molecule has 1 N–H and O–H groups in total. The van der Waals surface area contributed by atoms with Crippen molar-refractivity contribution in [1.29, 1.82) is 0 Å². The molecule has 0 aliphatic carbocycles. The number of hydrogen-bond donors (Lipinski definition) is 1. The van der Waals surface area contributed by atoms with Gasteiger partial charge in [0.05, 0.1) is 22.7 Å². The van der Waals surface area contributed by atoms with E-state index in [1.165, 1.54) is 0 Å². The molecule has 0 spiro atoms. The highest BCUT2D eigenvalue weighted by molar-refractivity contribution is 7.82. The molecule has 200 valence electrons. The number of aromatic amines is 1. The van der Waals surface area contributed by atoms with Crippen LogP contribution >= 0.6 is 0 Å². The summed E-state index contributed by atoms with van der Waals surface area (Å²) in [5, 5.41) is 4.37. The molecule has 1 fully saturated rings. The molecule has 0 saturated carbocycles. The molecule has 0 bridgehead atoms. The lowest BCUT2D eigenvalue weighted by molar-refractivity contribution is 0.307. The van der Waals surface area contributed by atoms with E-state index >= 15 is 0 Å². The van der Waals surface area contributed by atoms with Gasteiger partial charge in [0.1, 0.15) is 24.0 Å². The van der Waals surface area contributed by atoms with Crippen LogP contribution in [-0.2, 0) is 24.6 Å².